The molecule has 32 valence electrons. The molecule has 1 atom stereocenters. The van der Waals surface area contributed by atoms with Crippen LogP contribution in [0.4, 0.5) is 0 Å². The van der Waals surface area contributed by atoms with Crippen LogP contribution in [0.15, 0.2) is 0 Å². The molecule has 0 amide bonds. The summed E-state index contributed by atoms with van der Waals surface area (Å²) < 4.78 is 0. The molecule has 0 N–H and O–H groups in total. The van der Waals surface area contributed by atoms with Gasteiger partial charge in [-0.2, -0.15) is 0 Å². The lowest BCUT2D eigenvalue weighted by molar-refractivity contribution is 1.54. The topological polar surface area (TPSA) is 0 Å². The Labute approximate surface area is 42.9 Å². The molecule has 5 heavy (non-hydrogen) atoms. The second-order valence-electron chi connectivity index (χ2n) is 0.552. The summed E-state index contributed by atoms with van der Waals surface area (Å²) in [6, 6.07) is 0. The first-order valence-corrected chi connectivity index (χ1v) is 5.82. The number of rotatable bonds is 2. The van der Waals surface area contributed by atoms with E-state index in [9.17, 15) is 0 Å². The van der Waals surface area contributed by atoms with Gasteiger partial charge in [-0.05, 0) is 12.3 Å². The van der Waals surface area contributed by atoms with E-state index in [4.69, 9.17) is 11.8 Å². The van der Waals surface area contributed by atoms with E-state index in [1.54, 1.807) is 0 Å². The van der Waals surface area contributed by atoms with Crippen LogP contribution in [0.25, 0.3) is 0 Å². The lowest BCUT2D eigenvalue weighted by Gasteiger charge is -1.73. The summed E-state index contributed by atoms with van der Waals surface area (Å²) in [4.78, 5) is 0. The molecule has 0 aliphatic rings. The van der Waals surface area contributed by atoms with E-state index in [2.05, 4.69) is 6.92 Å². The molecule has 0 bridgehead atoms. The van der Waals surface area contributed by atoms with Crippen molar-refractivity contribution in [2.45, 2.75) is 6.92 Å². The second kappa shape index (κ2) is 5.00. The van der Waals surface area contributed by atoms with Crippen LogP contribution in [0.2, 0.25) is 0 Å². The first kappa shape index (κ1) is 6.00. The molecule has 0 spiro atoms. The molecule has 3 heteroatoms. The summed E-state index contributed by atoms with van der Waals surface area (Å²) in [5.41, 5.74) is 0. The molecule has 0 heterocycles. The van der Waals surface area contributed by atoms with E-state index < -0.39 is 0 Å². The molecule has 0 radical (unpaired) electrons. The van der Waals surface area contributed by atoms with Crippen LogP contribution in [-0.2, 0) is 11.8 Å². The Morgan fingerprint density at radius 3 is 2.60 bits per heavy atom. The molecule has 0 aliphatic carbocycles. The zero-order valence-electron chi connectivity index (χ0n) is 3.10. The van der Waals surface area contributed by atoms with Gasteiger partial charge >= 0.3 is 0 Å². The molecule has 0 rings (SSSR count). The summed E-state index contributed by atoms with van der Waals surface area (Å²) in [7, 11) is 0. The fourth-order valence-electron chi connectivity index (χ4n) is 0.0680. The van der Waals surface area contributed by atoms with Crippen molar-refractivity contribution >= 4 is 29.7 Å². The third-order valence-electron chi connectivity index (χ3n) is 0.235. The van der Waals surface area contributed by atoms with Crippen LogP contribution in [0, 0.1) is 0 Å². The average molecular weight is 126 g/mol. The first-order valence-electron chi connectivity index (χ1n) is 1.47. The highest BCUT2D eigenvalue weighted by atomic mass is 32.9. The number of hydrogen-bond donors (Lipinski definition) is 0. The maximum absolute atomic E-state index is 4.70. The Kier molecular flexibility index (Phi) is 6.00. The van der Waals surface area contributed by atoms with Crippen molar-refractivity contribution in [3.8, 4) is 0 Å². The van der Waals surface area contributed by atoms with Gasteiger partial charge in [0.2, 0.25) is 0 Å². The molecular weight excluding hydrogens is 119 g/mol. The molecule has 0 nitrogen and oxygen atoms in total. The summed E-state index contributed by atoms with van der Waals surface area (Å²) >= 11 is 6.56. The van der Waals surface area contributed by atoms with Crippen LogP contribution in [0.1, 0.15) is 6.92 Å². The molecule has 0 aliphatic heterocycles. The van der Waals surface area contributed by atoms with Gasteiger partial charge in [-0.25, -0.2) is 0 Å². The monoisotopic (exact) mass is 126 g/mol. The van der Waals surface area contributed by atoms with Crippen LogP contribution < -0.4 is 0 Å². The summed E-state index contributed by atoms with van der Waals surface area (Å²) in [5.74, 6) is 1.19. The third kappa shape index (κ3) is 5.00. The molecular formula is C2H7PS2. The fourth-order valence-corrected chi connectivity index (χ4v) is 1.84. The van der Waals surface area contributed by atoms with Gasteiger partial charge in [0.05, 0.1) is 0 Å². The standard InChI is InChI=1S/C2H7PS2/c1-2-5-3-4/h2-3H2,1H3. The Morgan fingerprint density at radius 2 is 2.60 bits per heavy atom. The van der Waals surface area contributed by atoms with Gasteiger partial charge in [0.25, 0.3) is 0 Å². The molecule has 0 aromatic rings. The van der Waals surface area contributed by atoms with Crippen LogP contribution in [0.3, 0.4) is 0 Å². The fraction of sp³-hybridized carbons (Fsp3) is 1.00. The molecule has 0 fully saturated rings. The van der Waals surface area contributed by atoms with E-state index >= 15 is 0 Å². The van der Waals surface area contributed by atoms with Crippen molar-refractivity contribution in [2.24, 2.45) is 0 Å². The van der Waals surface area contributed by atoms with Gasteiger partial charge in [-0.15, -0.1) is 11.4 Å². The zero-order chi connectivity index (χ0) is 4.12. The second-order valence-corrected chi connectivity index (χ2v) is 4.96. The summed E-state index contributed by atoms with van der Waals surface area (Å²) in [5, 5.41) is 0. The Morgan fingerprint density at radius 1 is 2.00 bits per heavy atom. The average Bonchev–Trinajstić information content (AvgIpc) is 1.41. The minimum atomic E-state index is 0.286. The number of hydrogen-bond acceptors (Lipinski definition) is 2. The highest BCUT2D eigenvalue weighted by Gasteiger charge is 1.61. The maximum Gasteiger partial charge on any atom is -0.00516 e. The van der Waals surface area contributed by atoms with Gasteiger partial charge in [0, 0.05) is 0 Å². The smallest absolute Gasteiger partial charge is 0.00516 e. The molecule has 0 saturated heterocycles. The van der Waals surface area contributed by atoms with E-state index in [0.29, 0.717) is 0 Å². The predicted octanol–water partition coefficient (Wildman–Crippen LogP) is 1.53. The van der Waals surface area contributed by atoms with Crippen LogP contribution >= 0.6 is 17.9 Å². The highest BCUT2D eigenvalue weighted by Crippen LogP contribution is 2.14. The van der Waals surface area contributed by atoms with Gasteiger partial charge in [-0.1, -0.05) is 18.7 Å². The van der Waals surface area contributed by atoms with E-state index in [-0.39, 0.29) is 6.56 Å². The molecule has 0 aromatic heterocycles. The Hall–Kier alpha value is 1.00. The third-order valence-corrected chi connectivity index (χ3v) is 3.34. The van der Waals surface area contributed by atoms with E-state index in [1.807, 2.05) is 11.4 Å². The van der Waals surface area contributed by atoms with Crippen molar-refractivity contribution in [3.05, 3.63) is 0 Å². The van der Waals surface area contributed by atoms with Crippen molar-refractivity contribution < 1.29 is 0 Å². The highest BCUT2D eigenvalue weighted by molar-refractivity contribution is 8.57. The van der Waals surface area contributed by atoms with Gasteiger partial charge < -0.3 is 0 Å². The summed E-state index contributed by atoms with van der Waals surface area (Å²) in [6.45, 7) is 2.41. The Bertz CT molecular complexity index is 28.8. The maximum atomic E-state index is 4.70. The summed E-state index contributed by atoms with van der Waals surface area (Å²) in [6.07, 6.45) is 0. The van der Waals surface area contributed by atoms with Gasteiger partial charge in [0.1, 0.15) is 0 Å². The van der Waals surface area contributed by atoms with Gasteiger partial charge in [-0.3, -0.25) is 0 Å². The minimum absolute atomic E-state index is 0.286. The molecule has 1 unspecified atom stereocenters. The largest absolute Gasteiger partial charge is 0.130 e. The lowest BCUT2D eigenvalue weighted by Crippen LogP contribution is -1.45. The van der Waals surface area contributed by atoms with Crippen molar-refractivity contribution in [1.82, 2.24) is 0 Å². The zero-order valence-corrected chi connectivity index (χ0v) is 5.89. The molecule has 0 aromatic carbocycles. The van der Waals surface area contributed by atoms with Crippen LogP contribution in [0.5, 0.6) is 0 Å². The van der Waals surface area contributed by atoms with Crippen molar-refractivity contribution in [2.75, 3.05) is 5.75 Å². The SMILES string of the molecule is CCS[PH2]=S. The van der Waals surface area contributed by atoms with Crippen molar-refractivity contribution in [1.29, 1.82) is 0 Å². The first-order chi connectivity index (χ1) is 2.41. The van der Waals surface area contributed by atoms with E-state index in [0.717, 1.165) is 0 Å². The van der Waals surface area contributed by atoms with Crippen molar-refractivity contribution in [3.63, 3.8) is 0 Å². The predicted molar refractivity (Wildman–Crippen MR) is 35.2 cm³/mol. The van der Waals surface area contributed by atoms with E-state index in [1.165, 1.54) is 5.75 Å². The molecule has 0 saturated carbocycles. The normalized spacial score (nSPS) is 10.6. The Balaban J connectivity index is 2.40. The quantitative estimate of drug-likeness (QED) is 0.514. The minimum Gasteiger partial charge on any atom is -0.130 e. The van der Waals surface area contributed by atoms with Gasteiger partial charge in [0.15, 0.2) is 0 Å². The lowest BCUT2D eigenvalue weighted by atomic mass is 11.0. The van der Waals surface area contributed by atoms with Crippen LogP contribution in [-0.4, -0.2) is 5.75 Å².